The molecule has 1 aliphatic rings. The van der Waals surface area contributed by atoms with Crippen LogP contribution in [0.5, 0.6) is 0 Å². The maximum absolute atomic E-state index is 14.9. The molecule has 0 spiro atoms. The fraction of sp³-hybridized carbons (Fsp3) is 0.292. The molecule has 1 unspecified atom stereocenters. The number of primary amides is 1. The molecular formula is C24H22ClF4N2O3+. The van der Waals surface area contributed by atoms with Crippen LogP contribution in [-0.2, 0) is 11.0 Å². The summed E-state index contributed by atoms with van der Waals surface area (Å²) in [5.74, 6) is -3.57. The van der Waals surface area contributed by atoms with Gasteiger partial charge in [0.1, 0.15) is 17.1 Å². The van der Waals surface area contributed by atoms with Gasteiger partial charge in [-0.25, -0.2) is 14.5 Å². The van der Waals surface area contributed by atoms with E-state index >= 15 is 0 Å². The molecule has 0 aliphatic heterocycles. The van der Waals surface area contributed by atoms with Crippen LogP contribution in [0, 0.1) is 22.6 Å². The molecule has 0 fully saturated rings. The highest BCUT2D eigenvalue weighted by molar-refractivity contribution is 6.33. The number of nitrogens with two attached hydrogens (primary N) is 1. The molecule has 0 aromatic heterocycles. The Morgan fingerprint density at radius 2 is 1.79 bits per heavy atom. The minimum atomic E-state index is -4.83. The number of halogens is 5. The predicted octanol–water partition coefficient (Wildman–Crippen LogP) is 5.35. The number of amides is 1. The van der Waals surface area contributed by atoms with E-state index in [4.69, 9.17) is 17.0 Å². The van der Waals surface area contributed by atoms with Gasteiger partial charge in [-0.15, -0.1) is 0 Å². The molecule has 34 heavy (non-hydrogen) atoms. The fourth-order valence-corrected chi connectivity index (χ4v) is 4.47. The van der Waals surface area contributed by atoms with E-state index in [0.29, 0.717) is 5.57 Å². The summed E-state index contributed by atoms with van der Waals surface area (Å²) >= 11 is 5.91. The lowest BCUT2D eigenvalue weighted by Crippen LogP contribution is -2.83. The number of carbonyl (C=O) groups excluding carboxylic acids is 1. The Hall–Kier alpha value is -3.04. The molecule has 2 aromatic carbocycles. The van der Waals surface area contributed by atoms with Crippen molar-refractivity contribution in [3.05, 3.63) is 75.6 Å². The second kappa shape index (κ2) is 9.31. The van der Waals surface area contributed by atoms with Gasteiger partial charge in [0.05, 0.1) is 27.8 Å². The predicted molar refractivity (Wildman–Crippen MR) is 118 cm³/mol. The first-order valence-electron chi connectivity index (χ1n) is 10.3. The molecule has 5 nitrogen and oxygen atoms in total. The first-order valence-corrected chi connectivity index (χ1v) is 10.7. The summed E-state index contributed by atoms with van der Waals surface area (Å²) < 4.78 is 55.2. The number of alkyl halides is 3. The maximum Gasteiger partial charge on any atom is 0.417 e. The van der Waals surface area contributed by atoms with Crippen molar-refractivity contribution < 1.29 is 37.6 Å². The number of nitrogens with one attached hydrogen (secondary N) is 1. The van der Waals surface area contributed by atoms with Crippen molar-refractivity contribution in [3.63, 3.8) is 0 Å². The molecule has 4 N–H and O–H groups in total. The summed E-state index contributed by atoms with van der Waals surface area (Å²) in [5, 5.41) is 18.5. The molecule has 0 saturated heterocycles. The van der Waals surface area contributed by atoms with Crippen molar-refractivity contribution in [1.29, 1.82) is 5.41 Å². The standard InChI is InChI=1S/C24H21ClF4N2O3/c1-23(2)11-12(9-10-14(23)22(33)34)20(30)19-16(26)7-4-8-17(19)31-21(32)18-13(24(27,28)29)5-3-6-15(18)25/h3-9,14,30H,10-11H2,1-2H3,(H,31,32)(H,33,34)/p+1. The normalized spacial score (nSPS) is 17.7. The van der Waals surface area contributed by atoms with Gasteiger partial charge in [-0.2, -0.15) is 13.2 Å². The van der Waals surface area contributed by atoms with Crippen LogP contribution in [0.3, 0.4) is 0 Å². The van der Waals surface area contributed by atoms with E-state index in [0.717, 1.165) is 29.6 Å². The minimum absolute atomic E-state index is 0.0814. The van der Waals surface area contributed by atoms with Crippen molar-refractivity contribution in [1.82, 2.24) is 0 Å². The van der Waals surface area contributed by atoms with Gasteiger partial charge in [-0.1, -0.05) is 43.7 Å². The van der Waals surface area contributed by atoms with Crippen LogP contribution in [0.2, 0.25) is 5.02 Å². The summed E-state index contributed by atoms with van der Waals surface area (Å²) in [4.78, 5) is 24.4. The van der Waals surface area contributed by atoms with E-state index < -0.39 is 51.4 Å². The molecule has 0 saturated carbocycles. The monoisotopic (exact) mass is 497 g/mol. The molecule has 0 radical (unpaired) electrons. The number of allylic oxidation sites excluding steroid dienone is 2. The number of carboxylic acid groups (broad SMARTS) is 1. The molecule has 1 amide bonds. The van der Waals surface area contributed by atoms with Crippen LogP contribution in [0.4, 0.5) is 23.2 Å². The van der Waals surface area contributed by atoms with E-state index in [1.54, 1.807) is 19.9 Å². The van der Waals surface area contributed by atoms with Crippen LogP contribution < -0.4 is 5.32 Å². The Bertz CT molecular complexity index is 1210. The molecule has 0 heterocycles. The molecule has 10 heteroatoms. The third-order valence-electron chi connectivity index (χ3n) is 5.96. The van der Waals surface area contributed by atoms with Gasteiger partial charge in [0.25, 0.3) is 0 Å². The molecular weight excluding hydrogens is 476 g/mol. The number of carbonyl (C=O) groups is 2. The van der Waals surface area contributed by atoms with Gasteiger partial charge in [0.2, 0.25) is 0 Å². The Morgan fingerprint density at radius 3 is 2.38 bits per heavy atom. The lowest BCUT2D eigenvalue weighted by Gasteiger charge is -2.35. The van der Waals surface area contributed by atoms with Crippen molar-refractivity contribution >= 4 is 34.9 Å². The Labute approximate surface area is 197 Å². The number of aliphatic carboxylic acids is 1. The van der Waals surface area contributed by atoms with E-state index in [2.05, 4.69) is 0 Å². The molecule has 1 atom stereocenters. The van der Waals surface area contributed by atoms with Crippen LogP contribution in [0.15, 0.2) is 48.0 Å². The Morgan fingerprint density at radius 1 is 1.15 bits per heavy atom. The SMILES string of the molecule is CC1(C)CC(C(=N)c2c(F)cccc2[NH2+]C(=O)c2c(Cl)cccc2C(F)(F)F)=CCC1C(=O)O. The van der Waals surface area contributed by atoms with Gasteiger partial charge in [-0.05, 0) is 42.0 Å². The van der Waals surface area contributed by atoms with Gasteiger partial charge < -0.3 is 5.11 Å². The van der Waals surface area contributed by atoms with Crippen LogP contribution in [0.25, 0.3) is 0 Å². The summed E-state index contributed by atoms with van der Waals surface area (Å²) in [6.45, 7) is 3.47. The summed E-state index contributed by atoms with van der Waals surface area (Å²) in [6.07, 6.45) is -2.96. The number of carboxylic acids is 1. The number of quaternary nitrogens is 1. The van der Waals surface area contributed by atoms with Crippen molar-refractivity contribution in [2.75, 3.05) is 0 Å². The van der Waals surface area contributed by atoms with Crippen molar-refractivity contribution in [2.45, 2.75) is 32.9 Å². The first-order chi connectivity index (χ1) is 15.7. The quantitative estimate of drug-likeness (QED) is 0.295. The van der Waals surface area contributed by atoms with Gasteiger partial charge in [-0.3, -0.25) is 10.2 Å². The lowest BCUT2D eigenvalue weighted by atomic mass is 9.68. The van der Waals surface area contributed by atoms with Gasteiger partial charge >= 0.3 is 18.1 Å². The maximum atomic E-state index is 14.9. The van der Waals surface area contributed by atoms with Crippen molar-refractivity contribution in [2.24, 2.45) is 11.3 Å². The minimum Gasteiger partial charge on any atom is -0.481 e. The number of benzene rings is 2. The molecule has 2 aromatic rings. The van der Waals surface area contributed by atoms with Crippen LogP contribution in [-0.4, -0.2) is 22.7 Å². The van der Waals surface area contributed by atoms with Crippen LogP contribution in [0.1, 0.15) is 48.2 Å². The highest BCUT2D eigenvalue weighted by Gasteiger charge is 2.40. The van der Waals surface area contributed by atoms with Gasteiger partial charge in [0.15, 0.2) is 0 Å². The summed E-state index contributed by atoms with van der Waals surface area (Å²) in [6, 6.07) is 6.64. The zero-order valence-electron chi connectivity index (χ0n) is 18.3. The van der Waals surface area contributed by atoms with Crippen molar-refractivity contribution in [3.8, 4) is 0 Å². The molecule has 180 valence electrons. The smallest absolute Gasteiger partial charge is 0.417 e. The van der Waals surface area contributed by atoms with E-state index in [-0.39, 0.29) is 29.8 Å². The summed E-state index contributed by atoms with van der Waals surface area (Å²) in [7, 11) is 0. The third kappa shape index (κ3) is 5.05. The number of hydrogen-bond donors (Lipinski definition) is 3. The van der Waals surface area contributed by atoms with Crippen LogP contribution >= 0.6 is 11.6 Å². The highest BCUT2D eigenvalue weighted by atomic mass is 35.5. The van der Waals surface area contributed by atoms with E-state index in [9.17, 15) is 32.3 Å². The van der Waals surface area contributed by atoms with Gasteiger partial charge in [0, 0.05) is 6.07 Å². The van der Waals surface area contributed by atoms with E-state index in [1.165, 1.54) is 12.1 Å². The second-order valence-corrected chi connectivity index (χ2v) is 9.18. The molecule has 0 bridgehead atoms. The number of rotatable bonds is 5. The average molecular weight is 498 g/mol. The van der Waals surface area contributed by atoms with E-state index in [1.807, 2.05) is 0 Å². The Kier molecular flexibility index (Phi) is 7.00. The Balaban J connectivity index is 2.00. The lowest BCUT2D eigenvalue weighted by molar-refractivity contribution is -0.464. The average Bonchev–Trinajstić information content (AvgIpc) is 2.71. The zero-order valence-corrected chi connectivity index (χ0v) is 19.0. The topological polar surface area (TPSA) is 94.8 Å². The molecule has 1 aliphatic carbocycles. The summed E-state index contributed by atoms with van der Waals surface area (Å²) in [5.41, 5.74) is -2.90. The number of hydrogen-bond acceptors (Lipinski definition) is 3. The highest BCUT2D eigenvalue weighted by Crippen LogP contribution is 2.42. The second-order valence-electron chi connectivity index (χ2n) is 8.77. The largest absolute Gasteiger partial charge is 0.481 e. The third-order valence-corrected chi connectivity index (χ3v) is 6.27. The first kappa shape index (κ1) is 25.6. The zero-order chi connectivity index (χ0) is 25.4. The fourth-order valence-electron chi connectivity index (χ4n) is 4.20. The molecule has 3 rings (SSSR count).